The Morgan fingerprint density at radius 1 is 0.905 bits per heavy atom. The number of aliphatic hydroxyl groups is 1. The number of pyridine rings is 2. The van der Waals surface area contributed by atoms with E-state index in [9.17, 15) is 48.3 Å². The zero-order valence-corrected chi connectivity index (χ0v) is 42.2. The molecule has 4 heterocycles. The van der Waals surface area contributed by atoms with Crippen LogP contribution in [0.2, 0.25) is 0 Å². The van der Waals surface area contributed by atoms with Crippen LogP contribution in [0.3, 0.4) is 0 Å². The van der Waals surface area contributed by atoms with Crippen molar-refractivity contribution in [3.05, 3.63) is 86.7 Å². The normalized spacial score (nSPS) is 15.1. The molecule has 0 saturated heterocycles. The van der Waals surface area contributed by atoms with Gasteiger partial charge in [0.05, 0.1) is 35.4 Å². The Morgan fingerprint density at radius 2 is 1.61 bits per heavy atom. The number of anilines is 1. The molecule has 23 heteroatoms. The average Bonchev–Trinajstić information content (AvgIpc) is 3.73. The maximum atomic E-state index is 13.7. The number of nitrogens with two attached hydrogens (primary N) is 1. The number of esters is 1. The molecule has 396 valence electrons. The second kappa shape index (κ2) is 24.1. The van der Waals surface area contributed by atoms with Crippen LogP contribution in [-0.2, 0) is 65.2 Å². The number of carboxylic acid groups (broad SMARTS) is 1. The molecule has 8 N–H and O–H groups in total. The number of benzene rings is 2. The van der Waals surface area contributed by atoms with Gasteiger partial charge < -0.3 is 65.8 Å². The molecule has 0 saturated carbocycles. The summed E-state index contributed by atoms with van der Waals surface area (Å²) in [7, 11) is 3.13. The number of rotatable bonds is 22. The number of ether oxygens (including phenoxy) is 3. The molecule has 0 bridgehead atoms. The smallest absolute Gasteiger partial charge is 0.414 e. The number of urea groups is 1. The molecule has 2 aromatic heterocycles. The molecule has 4 aromatic rings. The summed E-state index contributed by atoms with van der Waals surface area (Å²) in [6.45, 7) is 7.51. The van der Waals surface area contributed by atoms with Crippen LogP contribution in [0.4, 0.5) is 20.1 Å². The number of carbonyl (C=O) groups is 8. The molecule has 7 amide bonds. The summed E-state index contributed by atoms with van der Waals surface area (Å²) in [4.78, 5) is 121. The van der Waals surface area contributed by atoms with Crippen LogP contribution in [-0.4, -0.2) is 123 Å². The molecule has 2 aromatic carbocycles. The van der Waals surface area contributed by atoms with E-state index in [0.717, 1.165) is 16.5 Å². The van der Waals surface area contributed by atoms with Crippen molar-refractivity contribution in [2.24, 2.45) is 11.7 Å². The lowest BCUT2D eigenvalue weighted by Crippen LogP contribution is -2.54. The number of carbonyl (C=O) groups excluding carboxylic acids is 7. The third-order valence-electron chi connectivity index (χ3n) is 13.0. The largest absolute Gasteiger partial charge is 0.481 e. The molecule has 2 aliphatic heterocycles. The summed E-state index contributed by atoms with van der Waals surface area (Å²) in [5, 5.41) is 31.3. The first kappa shape index (κ1) is 55.2. The third kappa shape index (κ3) is 12.9. The number of aryl methyl sites for hydroxylation is 1. The van der Waals surface area contributed by atoms with Crippen LogP contribution in [0.15, 0.2) is 53.3 Å². The molecule has 0 fully saturated rings. The van der Waals surface area contributed by atoms with Gasteiger partial charge in [-0.3, -0.25) is 24.0 Å². The number of aliphatic carboxylic acids is 1. The van der Waals surface area contributed by atoms with Crippen molar-refractivity contribution in [1.29, 1.82) is 0 Å². The molecular formula is C51H63N9O14. The number of nitrogens with zero attached hydrogens (tertiary/aromatic N) is 4. The van der Waals surface area contributed by atoms with Crippen LogP contribution in [0.25, 0.3) is 22.3 Å². The van der Waals surface area contributed by atoms with Crippen LogP contribution in [0.5, 0.6) is 5.75 Å². The first-order chi connectivity index (χ1) is 35.1. The lowest BCUT2D eigenvalue weighted by Gasteiger charge is -2.31. The quantitative estimate of drug-likeness (QED) is 0.0385. The third-order valence-corrected chi connectivity index (χ3v) is 13.0. The Morgan fingerprint density at radius 3 is 2.26 bits per heavy atom. The van der Waals surface area contributed by atoms with Crippen molar-refractivity contribution in [2.75, 3.05) is 39.0 Å². The number of carboxylic acids is 1. The summed E-state index contributed by atoms with van der Waals surface area (Å²) in [6, 6.07) is 10.3. The molecule has 0 radical (unpaired) electrons. The van der Waals surface area contributed by atoms with Crippen molar-refractivity contribution < 1.29 is 62.8 Å². The SMILES string of the molecule is CCc1c2c(nc3ccc(OC(=O)N(C)CCCN(C)C(=O)OCc4ccc(NC(=O)[C@H](CCCNC(N)=O)NC(=O)[C@@H](NC(=O)CCC(=O)O)C(C)C)cc4)cc13)-c1cc3c(c(=O)n1C2)COC(=O)[C@]3(O)CC. The minimum Gasteiger partial charge on any atom is -0.481 e. The highest BCUT2D eigenvalue weighted by Gasteiger charge is 2.45. The summed E-state index contributed by atoms with van der Waals surface area (Å²) in [5.74, 6) is -3.97. The highest BCUT2D eigenvalue weighted by Crippen LogP contribution is 2.41. The summed E-state index contributed by atoms with van der Waals surface area (Å²) in [6.07, 6.45) is -0.647. The topological polar surface area (TPSA) is 320 Å². The number of aromatic nitrogens is 2. The van der Waals surface area contributed by atoms with Gasteiger partial charge in [0.1, 0.15) is 31.0 Å². The fourth-order valence-electron chi connectivity index (χ4n) is 8.73. The van der Waals surface area contributed by atoms with E-state index in [0.29, 0.717) is 41.0 Å². The van der Waals surface area contributed by atoms with Gasteiger partial charge in [-0.1, -0.05) is 39.8 Å². The predicted octanol–water partition coefficient (Wildman–Crippen LogP) is 3.61. The highest BCUT2D eigenvalue weighted by molar-refractivity contribution is 5.98. The lowest BCUT2D eigenvalue weighted by molar-refractivity contribution is -0.172. The van der Waals surface area contributed by atoms with Crippen molar-refractivity contribution in [3.63, 3.8) is 0 Å². The monoisotopic (exact) mass is 1030 g/mol. The maximum Gasteiger partial charge on any atom is 0.414 e. The molecule has 0 spiro atoms. The van der Waals surface area contributed by atoms with E-state index in [4.69, 9.17) is 30.0 Å². The molecule has 0 aliphatic carbocycles. The van der Waals surface area contributed by atoms with E-state index < -0.39 is 77.9 Å². The standard InChI is InChI=1S/C51H63N9O14/c1-7-32-33-23-31(16-17-37(33)55-43-34(32)25-60-39(43)24-36-35(46(60)66)27-72-47(67)51(36,71)8-2)74-50(70)59(6)22-10-21-58(5)49(69)73-26-29-12-14-30(15-13-29)54-44(64)38(11-9-20-53-48(52)68)56-45(65)42(28(3)4)57-40(61)18-19-41(62)63/h12-17,23-24,28,38,42,71H,7-11,18-22,25-27H2,1-6H3,(H,54,64)(H,56,65)(H,57,61)(H,62,63)(H3,52,53,68)/t38-,42-,51-/m0/s1. The van der Waals surface area contributed by atoms with Gasteiger partial charge in [0, 0.05) is 62.4 Å². The van der Waals surface area contributed by atoms with Crippen LogP contribution in [0, 0.1) is 5.92 Å². The Labute approximate surface area is 426 Å². The van der Waals surface area contributed by atoms with Gasteiger partial charge in [-0.05, 0) is 85.5 Å². The van der Waals surface area contributed by atoms with E-state index in [1.165, 1.54) is 9.80 Å². The first-order valence-electron chi connectivity index (χ1n) is 24.3. The maximum absolute atomic E-state index is 13.7. The molecule has 74 heavy (non-hydrogen) atoms. The van der Waals surface area contributed by atoms with Crippen molar-refractivity contribution in [3.8, 4) is 17.1 Å². The molecule has 2 aliphatic rings. The number of fused-ring (bicyclic) bond motifs is 5. The van der Waals surface area contributed by atoms with E-state index in [1.807, 2.05) is 6.92 Å². The Balaban J connectivity index is 0.983. The number of hydrogen-bond donors (Lipinski definition) is 7. The molecule has 6 rings (SSSR count). The van der Waals surface area contributed by atoms with E-state index >= 15 is 0 Å². The number of primary amides is 1. The van der Waals surface area contributed by atoms with Crippen molar-refractivity contribution in [2.45, 2.75) is 110 Å². The summed E-state index contributed by atoms with van der Waals surface area (Å²) >= 11 is 0. The number of cyclic esters (lactones) is 1. The molecule has 0 unspecified atom stereocenters. The predicted molar refractivity (Wildman–Crippen MR) is 267 cm³/mol. The van der Waals surface area contributed by atoms with Crippen LogP contribution < -0.4 is 37.3 Å². The Hall–Kier alpha value is -8.08. The van der Waals surface area contributed by atoms with Gasteiger partial charge in [0.25, 0.3) is 5.56 Å². The van der Waals surface area contributed by atoms with Gasteiger partial charge in [-0.25, -0.2) is 24.2 Å². The zero-order chi connectivity index (χ0) is 54.0. The van der Waals surface area contributed by atoms with E-state index in [2.05, 4.69) is 21.3 Å². The molecule has 23 nitrogen and oxygen atoms in total. The minimum absolute atomic E-state index is 0.0299. The van der Waals surface area contributed by atoms with E-state index in [-0.39, 0.29) is 87.5 Å². The number of hydrogen-bond acceptors (Lipinski definition) is 14. The summed E-state index contributed by atoms with van der Waals surface area (Å²) in [5.41, 5.74) is 7.68. The van der Waals surface area contributed by atoms with Crippen LogP contribution >= 0.6 is 0 Å². The number of amides is 7. The second-order valence-corrected chi connectivity index (χ2v) is 18.5. The molecule has 3 atom stereocenters. The van der Waals surface area contributed by atoms with E-state index in [1.54, 1.807) is 88.0 Å². The second-order valence-electron chi connectivity index (χ2n) is 18.5. The Bertz CT molecular complexity index is 2890. The highest BCUT2D eigenvalue weighted by atomic mass is 16.6. The van der Waals surface area contributed by atoms with Gasteiger partial charge in [-0.15, -0.1) is 0 Å². The van der Waals surface area contributed by atoms with Gasteiger partial charge in [0.15, 0.2) is 5.60 Å². The van der Waals surface area contributed by atoms with Crippen molar-refractivity contribution >= 4 is 64.5 Å². The first-order valence-corrected chi connectivity index (χ1v) is 24.3. The van der Waals surface area contributed by atoms with Gasteiger partial charge >= 0.3 is 30.2 Å². The fraction of sp³-hybridized carbons (Fsp3) is 0.451. The minimum atomic E-state index is -1.94. The number of nitrogens with one attached hydrogen (secondary N) is 4. The van der Waals surface area contributed by atoms with Crippen molar-refractivity contribution in [1.82, 2.24) is 35.3 Å². The fourth-order valence-corrected chi connectivity index (χ4v) is 8.73. The molecular weight excluding hydrogens is 963 g/mol. The van der Waals surface area contributed by atoms with Gasteiger partial charge in [0.2, 0.25) is 17.7 Å². The Kier molecular flexibility index (Phi) is 18.0. The zero-order valence-electron chi connectivity index (χ0n) is 42.2. The summed E-state index contributed by atoms with van der Waals surface area (Å²) < 4.78 is 18.0. The lowest BCUT2D eigenvalue weighted by atomic mass is 9.86. The van der Waals surface area contributed by atoms with Gasteiger partial charge in [-0.2, -0.15) is 0 Å². The average molecular weight is 1030 g/mol. The van der Waals surface area contributed by atoms with Crippen LogP contribution in [0.1, 0.15) is 94.0 Å².